The molecule has 106 valence electrons. The topological polar surface area (TPSA) is 39.6 Å². The molecule has 2 heterocycles. The van der Waals surface area contributed by atoms with Crippen LogP contribution in [0.15, 0.2) is 34.9 Å². The van der Waals surface area contributed by atoms with Crippen LogP contribution in [0.25, 0.3) is 10.8 Å². The Morgan fingerprint density at radius 2 is 1.90 bits per heavy atom. The molecule has 0 bridgehead atoms. The zero-order chi connectivity index (χ0) is 13.9. The Morgan fingerprint density at radius 1 is 1.10 bits per heavy atom. The maximum atomic E-state index is 9.00. The van der Waals surface area contributed by atoms with Crippen molar-refractivity contribution in [2.75, 3.05) is 44.2 Å². The number of halogens is 1. The molecule has 4 nitrogen and oxygen atoms in total. The van der Waals surface area contributed by atoms with Crippen LogP contribution in [-0.4, -0.2) is 54.3 Å². The second-order valence-electron chi connectivity index (χ2n) is 5.02. The summed E-state index contributed by atoms with van der Waals surface area (Å²) in [5.74, 6) is 1.06. The van der Waals surface area contributed by atoms with Gasteiger partial charge < -0.3 is 10.0 Å². The molecule has 0 saturated carbocycles. The Labute approximate surface area is 127 Å². The van der Waals surface area contributed by atoms with Crippen molar-refractivity contribution in [1.29, 1.82) is 0 Å². The number of aliphatic hydroxyl groups excluding tert-OH is 1. The van der Waals surface area contributed by atoms with Gasteiger partial charge in [0.15, 0.2) is 0 Å². The summed E-state index contributed by atoms with van der Waals surface area (Å²) in [5, 5.41) is 11.4. The number of rotatable bonds is 3. The highest BCUT2D eigenvalue weighted by atomic mass is 79.9. The highest BCUT2D eigenvalue weighted by Crippen LogP contribution is 2.30. The van der Waals surface area contributed by atoms with Crippen molar-refractivity contribution in [3.63, 3.8) is 0 Å². The van der Waals surface area contributed by atoms with Crippen molar-refractivity contribution in [2.24, 2.45) is 0 Å². The van der Waals surface area contributed by atoms with Crippen molar-refractivity contribution in [3.8, 4) is 0 Å². The second kappa shape index (κ2) is 6.08. The summed E-state index contributed by atoms with van der Waals surface area (Å²) >= 11 is 3.60. The number of fused-ring (bicyclic) bond motifs is 1. The third-order valence-corrected chi connectivity index (χ3v) is 4.51. The molecule has 0 unspecified atom stereocenters. The van der Waals surface area contributed by atoms with E-state index in [4.69, 9.17) is 5.11 Å². The molecule has 0 radical (unpaired) electrons. The van der Waals surface area contributed by atoms with Crippen LogP contribution in [0, 0.1) is 0 Å². The lowest BCUT2D eigenvalue weighted by Crippen LogP contribution is -2.47. The normalized spacial score (nSPS) is 16.8. The molecule has 1 saturated heterocycles. The summed E-state index contributed by atoms with van der Waals surface area (Å²) in [5.41, 5.74) is 0. The van der Waals surface area contributed by atoms with Crippen LogP contribution in [0.3, 0.4) is 0 Å². The number of hydrogen-bond acceptors (Lipinski definition) is 4. The Balaban J connectivity index is 1.86. The van der Waals surface area contributed by atoms with Gasteiger partial charge in [-0.25, -0.2) is 4.98 Å². The molecule has 5 heteroatoms. The molecule has 0 atom stereocenters. The number of hydrogen-bond donors (Lipinski definition) is 1. The molecular formula is C15H18BrN3O. The first-order chi connectivity index (χ1) is 9.79. The Kier molecular flexibility index (Phi) is 4.19. The SMILES string of the molecule is OCCN1CCN(c2nccc3c(Br)cccc23)CC1. The Morgan fingerprint density at radius 3 is 2.65 bits per heavy atom. The summed E-state index contributed by atoms with van der Waals surface area (Å²) in [4.78, 5) is 9.21. The van der Waals surface area contributed by atoms with E-state index in [0.29, 0.717) is 0 Å². The van der Waals surface area contributed by atoms with Gasteiger partial charge in [0.25, 0.3) is 0 Å². The average Bonchev–Trinajstić information content (AvgIpc) is 2.48. The van der Waals surface area contributed by atoms with E-state index in [9.17, 15) is 0 Å². The number of pyridine rings is 1. The predicted molar refractivity (Wildman–Crippen MR) is 85.2 cm³/mol. The first-order valence-electron chi connectivity index (χ1n) is 6.91. The number of anilines is 1. The highest BCUT2D eigenvalue weighted by molar-refractivity contribution is 9.10. The molecule has 2 aromatic rings. The molecule has 1 fully saturated rings. The van der Waals surface area contributed by atoms with Crippen LogP contribution in [0.2, 0.25) is 0 Å². The van der Waals surface area contributed by atoms with Crippen molar-refractivity contribution >= 4 is 32.5 Å². The van der Waals surface area contributed by atoms with Crippen molar-refractivity contribution in [1.82, 2.24) is 9.88 Å². The van der Waals surface area contributed by atoms with E-state index in [-0.39, 0.29) is 6.61 Å². The van der Waals surface area contributed by atoms with Crippen LogP contribution in [-0.2, 0) is 0 Å². The molecule has 1 aromatic heterocycles. The van der Waals surface area contributed by atoms with Gasteiger partial charge in [-0.1, -0.05) is 28.1 Å². The largest absolute Gasteiger partial charge is 0.395 e. The third-order valence-electron chi connectivity index (χ3n) is 3.82. The molecular weight excluding hydrogens is 318 g/mol. The van der Waals surface area contributed by atoms with Crippen molar-refractivity contribution < 1.29 is 5.11 Å². The van der Waals surface area contributed by atoms with Gasteiger partial charge in [0, 0.05) is 54.2 Å². The van der Waals surface area contributed by atoms with E-state index in [1.807, 2.05) is 12.3 Å². The third kappa shape index (κ3) is 2.66. The van der Waals surface area contributed by atoms with E-state index in [0.717, 1.165) is 43.0 Å². The fourth-order valence-electron chi connectivity index (χ4n) is 2.73. The number of aromatic nitrogens is 1. The van der Waals surface area contributed by atoms with Gasteiger partial charge in [0.05, 0.1) is 6.61 Å². The first kappa shape index (κ1) is 13.8. The summed E-state index contributed by atoms with van der Waals surface area (Å²) in [6, 6.07) is 8.29. The molecule has 3 rings (SSSR count). The smallest absolute Gasteiger partial charge is 0.136 e. The Hall–Kier alpha value is -1.17. The molecule has 0 aliphatic carbocycles. The lowest BCUT2D eigenvalue weighted by molar-refractivity contribution is 0.188. The molecule has 0 spiro atoms. The fourth-order valence-corrected chi connectivity index (χ4v) is 3.23. The molecule has 1 N–H and O–H groups in total. The highest BCUT2D eigenvalue weighted by Gasteiger charge is 2.19. The number of nitrogens with zero attached hydrogens (tertiary/aromatic N) is 3. The summed E-state index contributed by atoms with van der Waals surface area (Å²) in [6.45, 7) is 4.87. The van der Waals surface area contributed by atoms with Crippen LogP contribution < -0.4 is 4.90 Å². The van der Waals surface area contributed by atoms with Gasteiger partial charge >= 0.3 is 0 Å². The molecule has 0 amide bonds. The van der Waals surface area contributed by atoms with E-state index < -0.39 is 0 Å². The standard InChI is InChI=1S/C15H18BrN3O/c16-14-3-1-2-13-12(14)4-5-17-15(13)19-8-6-18(7-9-19)10-11-20/h1-5,20H,6-11H2. The summed E-state index contributed by atoms with van der Waals surface area (Å²) < 4.78 is 1.11. The maximum absolute atomic E-state index is 9.00. The van der Waals surface area contributed by atoms with Gasteiger partial charge in [-0.05, 0) is 12.1 Å². The van der Waals surface area contributed by atoms with Crippen LogP contribution in [0.5, 0.6) is 0 Å². The van der Waals surface area contributed by atoms with Gasteiger partial charge in [0.1, 0.15) is 5.82 Å². The van der Waals surface area contributed by atoms with Gasteiger partial charge in [-0.2, -0.15) is 0 Å². The van der Waals surface area contributed by atoms with Gasteiger partial charge in [-0.15, -0.1) is 0 Å². The fraction of sp³-hybridized carbons (Fsp3) is 0.400. The monoisotopic (exact) mass is 335 g/mol. The number of benzene rings is 1. The van der Waals surface area contributed by atoms with E-state index >= 15 is 0 Å². The lowest BCUT2D eigenvalue weighted by atomic mass is 10.1. The average molecular weight is 336 g/mol. The number of piperazine rings is 1. The second-order valence-corrected chi connectivity index (χ2v) is 5.88. The predicted octanol–water partition coefficient (Wildman–Crippen LogP) is 2.11. The van der Waals surface area contributed by atoms with E-state index in [1.54, 1.807) is 0 Å². The molecule has 1 aliphatic rings. The zero-order valence-electron chi connectivity index (χ0n) is 11.3. The first-order valence-corrected chi connectivity index (χ1v) is 7.70. The minimum absolute atomic E-state index is 0.236. The summed E-state index contributed by atoms with van der Waals surface area (Å²) in [6.07, 6.45) is 1.88. The lowest BCUT2D eigenvalue weighted by Gasteiger charge is -2.35. The molecule has 1 aliphatic heterocycles. The van der Waals surface area contributed by atoms with Gasteiger partial charge in [-0.3, -0.25) is 4.90 Å². The van der Waals surface area contributed by atoms with Crippen LogP contribution in [0.1, 0.15) is 0 Å². The molecule has 20 heavy (non-hydrogen) atoms. The minimum Gasteiger partial charge on any atom is -0.395 e. The van der Waals surface area contributed by atoms with Crippen molar-refractivity contribution in [3.05, 3.63) is 34.9 Å². The number of aliphatic hydroxyl groups is 1. The van der Waals surface area contributed by atoms with E-state index in [2.05, 4.69) is 48.9 Å². The minimum atomic E-state index is 0.236. The van der Waals surface area contributed by atoms with Crippen molar-refractivity contribution in [2.45, 2.75) is 0 Å². The zero-order valence-corrected chi connectivity index (χ0v) is 12.9. The van der Waals surface area contributed by atoms with Gasteiger partial charge in [0.2, 0.25) is 0 Å². The van der Waals surface area contributed by atoms with Crippen LogP contribution >= 0.6 is 15.9 Å². The van der Waals surface area contributed by atoms with Crippen LogP contribution in [0.4, 0.5) is 5.82 Å². The molecule has 1 aromatic carbocycles. The quantitative estimate of drug-likeness (QED) is 0.932. The summed E-state index contributed by atoms with van der Waals surface area (Å²) in [7, 11) is 0. The number of β-amino-alcohol motifs (C(OH)–C–C–N with tert-alkyl or cyclic N) is 1. The van der Waals surface area contributed by atoms with E-state index in [1.165, 1.54) is 10.8 Å². The maximum Gasteiger partial charge on any atom is 0.136 e. The Bertz CT molecular complexity index is 597.